The number of benzene rings is 2. The zero-order valence-corrected chi connectivity index (χ0v) is 30.7. The van der Waals surface area contributed by atoms with Crippen LogP contribution in [0.4, 0.5) is 11.4 Å². The Morgan fingerprint density at radius 3 is 2.06 bits per heavy atom. The highest BCUT2D eigenvalue weighted by atomic mass is 15.3. The monoisotopic (exact) mass is 632 g/mol. The first-order valence-corrected chi connectivity index (χ1v) is 17.3. The number of quaternary nitrogens is 2. The number of para-hydroxylation sites is 2. The van der Waals surface area contributed by atoms with Gasteiger partial charge in [-0.15, -0.1) is 0 Å². The quantitative estimate of drug-likeness (QED) is 0.115. The van der Waals surface area contributed by atoms with E-state index < -0.39 is 0 Å². The molecule has 5 rings (SSSR count). The summed E-state index contributed by atoms with van der Waals surface area (Å²) in [5, 5.41) is 0. The van der Waals surface area contributed by atoms with Gasteiger partial charge < -0.3 is 13.9 Å². The average molecular weight is 633 g/mol. The van der Waals surface area contributed by atoms with Gasteiger partial charge in [-0.1, -0.05) is 56.3 Å². The number of rotatable bonds is 12. The van der Waals surface area contributed by atoms with E-state index in [0.717, 1.165) is 48.0 Å². The lowest BCUT2D eigenvalue weighted by molar-refractivity contribution is -0.871. The standard InChI is InChI=1S/C42H58N5/c1-41(2)35-17-11-13-19-37(35)44(29-15-31-46(5,6)7)39(41)23-21-33(34-25-27-43-28-26-34)22-24-40-42(3,4)36-18-12-14-20-38(36)45(40)30-16-32-47(8,9)10/h11-14,17-28H,15-16,29-32H2,1-10H3/q+3. The van der Waals surface area contributed by atoms with Crippen LogP contribution in [0.3, 0.4) is 0 Å². The zero-order valence-electron chi connectivity index (χ0n) is 30.7. The fourth-order valence-corrected chi connectivity index (χ4v) is 7.30. The molecule has 3 heterocycles. The fraction of sp³-hybridized carbons (Fsp3) is 0.429. The molecule has 47 heavy (non-hydrogen) atoms. The summed E-state index contributed by atoms with van der Waals surface area (Å²) in [6, 6.07) is 22.2. The molecule has 0 atom stereocenters. The molecular weight excluding hydrogens is 574 g/mol. The van der Waals surface area contributed by atoms with Crippen molar-refractivity contribution in [1.82, 2.24) is 4.98 Å². The Labute approximate surface area is 285 Å². The van der Waals surface area contributed by atoms with Crippen molar-refractivity contribution in [2.24, 2.45) is 0 Å². The smallest absolute Gasteiger partial charge is 0.209 e. The molecule has 0 saturated carbocycles. The number of hydrogen-bond acceptors (Lipinski definition) is 2. The van der Waals surface area contributed by atoms with E-state index in [9.17, 15) is 0 Å². The minimum Gasteiger partial charge on any atom is -0.344 e. The van der Waals surface area contributed by atoms with Gasteiger partial charge in [-0.2, -0.15) is 4.58 Å². The Morgan fingerprint density at radius 1 is 0.766 bits per heavy atom. The van der Waals surface area contributed by atoms with Crippen molar-refractivity contribution >= 4 is 22.7 Å². The number of nitrogens with zero attached hydrogens (tertiary/aromatic N) is 5. The van der Waals surface area contributed by atoms with Gasteiger partial charge in [-0.05, 0) is 60.9 Å². The number of fused-ring (bicyclic) bond motifs is 2. The molecule has 2 aliphatic rings. The molecule has 248 valence electrons. The number of hydrogen-bond donors (Lipinski definition) is 0. The van der Waals surface area contributed by atoms with Crippen LogP contribution in [0.5, 0.6) is 0 Å². The molecule has 0 fully saturated rings. The topological polar surface area (TPSA) is 19.1 Å². The molecule has 0 amide bonds. The highest BCUT2D eigenvalue weighted by Crippen LogP contribution is 2.48. The Bertz CT molecular complexity index is 1690. The largest absolute Gasteiger partial charge is 0.344 e. The summed E-state index contributed by atoms with van der Waals surface area (Å²) in [7, 11) is 13.7. The summed E-state index contributed by atoms with van der Waals surface area (Å²) >= 11 is 0. The van der Waals surface area contributed by atoms with Crippen LogP contribution < -0.4 is 4.90 Å². The van der Waals surface area contributed by atoms with Crippen LogP contribution in [0, 0.1) is 0 Å². The first-order valence-electron chi connectivity index (χ1n) is 17.3. The molecule has 0 saturated heterocycles. The summed E-state index contributed by atoms with van der Waals surface area (Å²) in [5.41, 5.74) is 10.3. The lowest BCUT2D eigenvalue weighted by atomic mass is 9.81. The first kappa shape index (κ1) is 34.5. The van der Waals surface area contributed by atoms with Crippen LogP contribution in [0.2, 0.25) is 0 Å². The normalized spacial score (nSPS) is 18.4. The maximum Gasteiger partial charge on any atom is 0.209 e. The second-order valence-corrected chi connectivity index (χ2v) is 16.5. The van der Waals surface area contributed by atoms with Crippen molar-refractivity contribution in [1.29, 1.82) is 0 Å². The van der Waals surface area contributed by atoms with Gasteiger partial charge in [0, 0.05) is 59.9 Å². The van der Waals surface area contributed by atoms with Gasteiger partial charge in [-0.25, -0.2) is 0 Å². The second kappa shape index (κ2) is 13.4. The predicted molar refractivity (Wildman–Crippen MR) is 201 cm³/mol. The molecule has 3 aromatic rings. The van der Waals surface area contributed by atoms with Gasteiger partial charge >= 0.3 is 0 Å². The van der Waals surface area contributed by atoms with Gasteiger partial charge in [0.05, 0.1) is 67.2 Å². The van der Waals surface area contributed by atoms with E-state index in [-0.39, 0.29) is 10.8 Å². The summed E-state index contributed by atoms with van der Waals surface area (Å²) in [4.78, 5) is 6.91. The van der Waals surface area contributed by atoms with Crippen LogP contribution in [0.15, 0.2) is 103 Å². The van der Waals surface area contributed by atoms with Crippen molar-refractivity contribution in [2.75, 3.05) is 73.4 Å². The van der Waals surface area contributed by atoms with Crippen LogP contribution in [0.25, 0.3) is 5.57 Å². The molecule has 2 aromatic carbocycles. The van der Waals surface area contributed by atoms with Gasteiger partial charge in [0.25, 0.3) is 0 Å². The van der Waals surface area contributed by atoms with Crippen molar-refractivity contribution in [3.05, 3.63) is 120 Å². The summed E-state index contributed by atoms with van der Waals surface area (Å²) in [6.07, 6.45) is 15.5. The maximum atomic E-state index is 4.34. The van der Waals surface area contributed by atoms with Crippen LogP contribution >= 0.6 is 0 Å². The van der Waals surface area contributed by atoms with Crippen molar-refractivity contribution in [2.45, 2.75) is 51.4 Å². The fourth-order valence-electron chi connectivity index (χ4n) is 7.30. The number of aromatic nitrogens is 1. The Balaban J connectivity index is 1.57. The van der Waals surface area contributed by atoms with E-state index in [1.807, 2.05) is 12.4 Å². The third kappa shape index (κ3) is 7.69. The third-order valence-electron chi connectivity index (χ3n) is 9.88. The molecule has 0 unspecified atom stereocenters. The van der Waals surface area contributed by atoms with Crippen molar-refractivity contribution in [3.8, 4) is 0 Å². The number of pyridine rings is 1. The van der Waals surface area contributed by atoms with Crippen LogP contribution in [-0.2, 0) is 10.8 Å². The first-order chi connectivity index (χ1) is 22.1. The van der Waals surface area contributed by atoms with Gasteiger partial charge in [-0.3, -0.25) is 4.98 Å². The molecule has 5 heteroatoms. The summed E-state index contributed by atoms with van der Waals surface area (Å²) < 4.78 is 4.51. The van der Waals surface area contributed by atoms with E-state index in [0.29, 0.717) is 0 Å². The number of anilines is 1. The predicted octanol–water partition coefficient (Wildman–Crippen LogP) is 7.97. The van der Waals surface area contributed by atoms with Gasteiger partial charge in [0.1, 0.15) is 0 Å². The second-order valence-electron chi connectivity index (χ2n) is 16.5. The Morgan fingerprint density at radius 2 is 1.38 bits per heavy atom. The Kier molecular flexibility index (Phi) is 9.82. The molecule has 0 bridgehead atoms. The minimum absolute atomic E-state index is 0.0943. The van der Waals surface area contributed by atoms with E-state index in [1.54, 1.807) is 0 Å². The molecule has 5 nitrogen and oxygen atoms in total. The highest BCUT2D eigenvalue weighted by molar-refractivity contribution is 6.04. The van der Waals surface area contributed by atoms with Crippen molar-refractivity contribution in [3.63, 3.8) is 0 Å². The van der Waals surface area contributed by atoms with Gasteiger partial charge in [0.2, 0.25) is 5.69 Å². The Hall–Kier alpha value is -3.80. The van der Waals surface area contributed by atoms with Gasteiger partial charge in [0.15, 0.2) is 12.3 Å². The molecule has 0 radical (unpaired) electrons. The van der Waals surface area contributed by atoms with E-state index in [1.165, 1.54) is 45.0 Å². The lowest BCUT2D eigenvalue weighted by Gasteiger charge is -2.29. The third-order valence-corrected chi connectivity index (χ3v) is 9.88. The number of allylic oxidation sites excluding steroid dienone is 6. The molecule has 0 aliphatic carbocycles. The van der Waals surface area contributed by atoms with Crippen molar-refractivity contribution < 1.29 is 13.5 Å². The van der Waals surface area contributed by atoms with E-state index >= 15 is 0 Å². The summed E-state index contributed by atoms with van der Waals surface area (Å²) in [6.45, 7) is 13.8. The minimum atomic E-state index is -0.0943. The molecule has 1 aromatic heterocycles. The highest BCUT2D eigenvalue weighted by Gasteiger charge is 2.44. The average Bonchev–Trinajstić information content (AvgIpc) is 3.35. The maximum absolute atomic E-state index is 4.34. The van der Waals surface area contributed by atoms with Crippen LogP contribution in [0.1, 0.15) is 57.2 Å². The van der Waals surface area contributed by atoms with Crippen LogP contribution in [-0.4, -0.2) is 92.7 Å². The van der Waals surface area contributed by atoms with E-state index in [4.69, 9.17) is 0 Å². The van der Waals surface area contributed by atoms with E-state index in [2.05, 4.69) is 169 Å². The lowest BCUT2D eigenvalue weighted by Crippen LogP contribution is -2.37. The zero-order chi connectivity index (χ0) is 34.0. The molecule has 2 aliphatic heterocycles. The molecular formula is C42H58N5+3. The SMILES string of the molecule is CC1(C)C(/C=C/C(=C/C=C2/N(CCC[N+](C)(C)C)c3ccccc3C2(C)C)c2ccncc2)=[N+](CCC[N+](C)(C)C)c2ccccc21. The molecule has 0 N–H and O–H groups in total. The summed E-state index contributed by atoms with van der Waals surface area (Å²) in [5.74, 6) is 0. The molecule has 0 spiro atoms.